The first-order valence-electron chi connectivity index (χ1n) is 9.72. The van der Waals surface area contributed by atoms with E-state index in [0.29, 0.717) is 22.4 Å². The van der Waals surface area contributed by atoms with E-state index >= 15 is 0 Å². The van der Waals surface area contributed by atoms with Gasteiger partial charge in [-0.25, -0.2) is 4.68 Å². The maximum atomic E-state index is 13.0. The summed E-state index contributed by atoms with van der Waals surface area (Å²) in [4.78, 5) is 25.4. The second-order valence-corrected chi connectivity index (χ2v) is 7.73. The molecule has 1 amide bonds. The normalized spacial score (nSPS) is 13.3. The second-order valence-electron chi connectivity index (χ2n) is 7.73. The molecule has 148 valence electrons. The summed E-state index contributed by atoms with van der Waals surface area (Å²) in [5, 5.41) is 7.33. The number of rotatable bonds is 5. The fourth-order valence-electron chi connectivity index (χ4n) is 3.24. The first-order chi connectivity index (χ1) is 13.8. The van der Waals surface area contributed by atoms with Crippen molar-refractivity contribution in [1.29, 1.82) is 0 Å². The molecule has 1 aromatic heterocycles. The molecule has 1 aliphatic rings. The number of aryl methyl sites for hydroxylation is 3. The number of benzene rings is 2. The van der Waals surface area contributed by atoms with Crippen LogP contribution in [0.4, 0.5) is 5.82 Å². The van der Waals surface area contributed by atoms with Crippen molar-refractivity contribution in [2.45, 2.75) is 39.7 Å². The van der Waals surface area contributed by atoms with E-state index in [4.69, 9.17) is 5.73 Å². The van der Waals surface area contributed by atoms with Gasteiger partial charge in [-0.2, -0.15) is 5.10 Å². The molecule has 0 bridgehead atoms. The van der Waals surface area contributed by atoms with Crippen LogP contribution in [0.3, 0.4) is 0 Å². The summed E-state index contributed by atoms with van der Waals surface area (Å²) in [6.45, 7) is 5.90. The van der Waals surface area contributed by atoms with Gasteiger partial charge in [-0.1, -0.05) is 18.2 Å². The fourth-order valence-corrected chi connectivity index (χ4v) is 3.24. The van der Waals surface area contributed by atoms with Crippen LogP contribution in [-0.4, -0.2) is 27.5 Å². The van der Waals surface area contributed by atoms with E-state index in [2.05, 4.69) is 10.4 Å². The zero-order chi connectivity index (χ0) is 20.7. The van der Waals surface area contributed by atoms with Crippen LogP contribution in [0.15, 0.2) is 42.6 Å². The van der Waals surface area contributed by atoms with Gasteiger partial charge in [0.15, 0.2) is 5.78 Å². The lowest BCUT2D eigenvalue weighted by Gasteiger charge is -2.11. The molecule has 0 atom stereocenters. The molecule has 0 aliphatic heterocycles. The third-order valence-electron chi connectivity index (χ3n) is 5.43. The molecule has 6 heteroatoms. The largest absolute Gasteiger partial charge is 0.383 e. The van der Waals surface area contributed by atoms with Crippen molar-refractivity contribution in [3.8, 4) is 5.69 Å². The molecule has 0 radical (unpaired) electrons. The highest BCUT2D eigenvalue weighted by Crippen LogP contribution is 2.25. The lowest BCUT2D eigenvalue weighted by atomic mass is 10.0. The molecule has 0 saturated heterocycles. The Hall–Kier alpha value is -3.41. The lowest BCUT2D eigenvalue weighted by Crippen LogP contribution is -2.25. The molecule has 4 rings (SSSR count). The Balaban J connectivity index is 1.68. The van der Waals surface area contributed by atoms with Gasteiger partial charge in [-0.05, 0) is 68.5 Å². The van der Waals surface area contributed by atoms with Crippen LogP contribution in [0.5, 0.6) is 0 Å². The number of aromatic nitrogens is 2. The molecule has 1 saturated carbocycles. The van der Waals surface area contributed by atoms with Gasteiger partial charge in [0.2, 0.25) is 0 Å². The molecule has 1 fully saturated rings. The maximum absolute atomic E-state index is 13.0. The molecule has 3 aromatic rings. The van der Waals surface area contributed by atoms with E-state index in [1.807, 2.05) is 39.0 Å². The number of nitrogens with one attached hydrogen (secondary N) is 1. The Bertz CT molecular complexity index is 1130. The molecule has 6 nitrogen and oxygen atoms in total. The molecular weight excluding hydrogens is 364 g/mol. The van der Waals surface area contributed by atoms with E-state index < -0.39 is 0 Å². The number of ketones is 1. The van der Waals surface area contributed by atoms with Crippen molar-refractivity contribution in [2.24, 2.45) is 0 Å². The van der Waals surface area contributed by atoms with Gasteiger partial charge in [0.05, 0.1) is 17.4 Å². The minimum atomic E-state index is -0.169. The number of hydrogen-bond donors (Lipinski definition) is 2. The van der Waals surface area contributed by atoms with Crippen LogP contribution in [-0.2, 0) is 0 Å². The van der Waals surface area contributed by atoms with E-state index in [1.165, 1.54) is 10.9 Å². The summed E-state index contributed by atoms with van der Waals surface area (Å²) in [5.74, 6) is -0.0147. The monoisotopic (exact) mass is 388 g/mol. The van der Waals surface area contributed by atoms with Crippen molar-refractivity contribution in [1.82, 2.24) is 15.1 Å². The molecule has 29 heavy (non-hydrogen) atoms. The predicted molar refractivity (Wildman–Crippen MR) is 113 cm³/mol. The highest BCUT2D eigenvalue weighted by Gasteiger charge is 2.24. The summed E-state index contributed by atoms with van der Waals surface area (Å²) in [7, 11) is 0. The molecule has 0 spiro atoms. The quantitative estimate of drug-likeness (QED) is 0.655. The molecule has 1 heterocycles. The number of nitrogens with zero attached hydrogens (tertiary/aromatic N) is 2. The van der Waals surface area contributed by atoms with Crippen molar-refractivity contribution in [3.63, 3.8) is 0 Å². The fraction of sp³-hybridized carbons (Fsp3) is 0.261. The standard InChI is InChI=1S/C23H24N4O2/c1-13-4-6-16(10-15(13)3)21(28)19-12-25-27(22(19)24)20-11-17(7-5-14(20)2)23(29)26-18-8-9-18/h4-7,10-12,18H,8-9,24H2,1-3H3,(H,26,29). The molecule has 0 unspecified atom stereocenters. The lowest BCUT2D eigenvalue weighted by molar-refractivity contribution is 0.0950. The van der Waals surface area contributed by atoms with Gasteiger partial charge < -0.3 is 11.1 Å². The Kier molecular flexibility index (Phi) is 4.70. The molecule has 1 aliphatic carbocycles. The van der Waals surface area contributed by atoms with Crippen molar-refractivity contribution >= 4 is 17.5 Å². The zero-order valence-corrected chi connectivity index (χ0v) is 16.8. The highest BCUT2D eigenvalue weighted by molar-refractivity contribution is 6.11. The molecule has 2 aromatic carbocycles. The number of carbonyl (C=O) groups is 2. The van der Waals surface area contributed by atoms with Gasteiger partial charge >= 0.3 is 0 Å². The Morgan fingerprint density at radius 1 is 1.00 bits per heavy atom. The third-order valence-corrected chi connectivity index (χ3v) is 5.43. The summed E-state index contributed by atoms with van der Waals surface area (Å²) < 4.78 is 1.53. The van der Waals surface area contributed by atoms with Crippen LogP contribution in [0.25, 0.3) is 5.69 Å². The van der Waals surface area contributed by atoms with Crippen LogP contribution in [0, 0.1) is 20.8 Å². The van der Waals surface area contributed by atoms with E-state index in [0.717, 1.165) is 29.5 Å². The van der Waals surface area contributed by atoms with Gasteiger partial charge in [-0.3, -0.25) is 9.59 Å². The molecule has 3 N–H and O–H groups in total. The minimum Gasteiger partial charge on any atom is -0.383 e. The Labute approximate surface area is 169 Å². The first-order valence-corrected chi connectivity index (χ1v) is 9.72. The summed E-state index contributed by atoms with van der Waals surface area (Å²) in [6, 6.07) is 11.3. The summed E-state index contributed by atoms with van der Waals surface area (Å²) >= 11 is 0. The van der Waals surface area contributed by atoms with Crippen molar-refractivity contribution < 1.29 is 9.59 Å². The van der Waals surface area contributed by atoms with Crippen LogP contribution in [0.1, 0.15) is 55.8 Å². The Morgan fingerprint density at radius 2 is 1.69 bits per heavy atom. The smallest absolute Gasteiger partial charge is 0.251 e. The average molecular weight is 388 g/mol. The number of hydrogen-bond acceptors (Lipinski definition) is 4. The maximum Gasteiger partial charge on any atom is 0.251 e. The van der Waals surface area contributed by atoms with Gasteiger partial charge in [0, 0.05) is 17.2 Å². The summed E-state index contributed by atoms with van der Waals surface area (Å²) in [5.41, 5.74) is 11.6. The molecular formula is C23H24N4O2. The van der Waals surface area contributed by atoms with E-state index in [9.17, 15) is 9.59 Å². The van der Waals surface area contributed by atoms with Crippen molar-refractivity contribution in [3.05, 3.63) is 76.0 Å². The van der Waals surface area contributed by atoms with Gasteiger partial charge in [0.1, 0.15) is 5.82 Å². The topological polar surface area (TPSA) is 90.0 Å². The SMILES string of the molecule is Cc1ccc(C(=O)c2cnn(-c3cc(C(=O)NC4CC4)ccc3C)c2N)cc1C. The van der Waals surface area contributed by atoms with E-state index in [1.54, 1.807) is 18.2 Å². The second kappa shape index (κ2) is 7.20. The number of nitrogens with two attached hydrogens (primary N) is 1. The minimum absolute atomic E-state index is 0.106. The average Bonchev–Trinajstić information content (AvgIpc) is 3.43. The van der Waals surface area contributed by atoms with Crippen LogP contribution >= 0.6 is 0 Å². The van der Waals surface area contributed by atoms with Gasteiger partial charge in [-0.15, -0.1) is 0 Å². The number of carbonyl (C=O) groups excluding carboxylic acids is 2. The van der Waals surface area contributed by atoms with Crippen LogP contribution < -0.4 is 11.1 Å². The zero-order valence-electron chi connectivity index (χ0n) is 16.8. The van der Waals surface area contributed by atoms with Crippen LogP contribution in [0.2, 0.25) is 0 Å². The first kappa shape index (κ1) is 18.9. The number of anilines is 1. The highest BCUT2D eigenvalue weighted by atomic mass is 16.1. The summed E-state index contributed by atoms with van der Waals surface area (Å²) in [6.07, 6.45) is 3.55. The van der Waals surface area contributed by atoms with Gasteiger partial charge in [0.25, 0.3) is 5.91 Å². The number of amides is 1. The third kappa shape index (κ3) is 3.66. The van der Waals surface area contributed by atoms with E-state index in [-0.39, 0.29) is 23.6 Å². The predicted octanol–water partition coefficient (Wildman–Crippen LogP) is 3.50. The Morgan fingerprint density at radius 3 is 2.38 bits per heavy atom. The van der Waals surface area contributed by atoms with Crippen molar-refractivity contribution in [2.75, 3.05) is 5.73 Å². The number of nitrogen functional groups attached to an aromatic ring is 1.